The number of ether oxygens (including phenoxy) is 1. The van der Waals surface area contributed by atoms with Crippen LogP contribution in [0.1, 0.15) is 51.2 Å². The molecule has 7 nitrogen and oxygen atoms in total. The van der Waals surface area contributed by atoms with Gasteiger partial charge in [0.05, 0.1) is 13.2 Å². The predicted molar refractivity (Wildman–Crippen MR) is 140 cm³/mol. The average molecular weight is 558 g/mol. The summed E-state index contributed by atoms with van der Waals surface area (Å²) in [5.74, 6) is 2.03. The molecule has 2 aliphatic heterocycles. The number of rotatable bonds is 6. The number of carbonyl (C=O) groups is 1. The van der Waals surface area contributed by atoms with E-state index in [1.54, 1.807) is 4.90 Å². The van der Waals surface area contributed by atoms with Gasteiger partial charge in [-0.05, 0) is 49.1 Å². The molecule has 32 heavy (non-hydrogen) atoms. The number of nitrogens with zero attached hydrogens (tertiary/aromatic N) is 3. The molecule has 0 aliphatic carbocycles. The zero-order valence-corrected chi connectivity index (χ0v) is 22.1. The van der Waals surface area contributed by atoms with Crippen molar-refractivity contribution in [2.45, 2.75) is 59.2 Å². The lowest BCUT2D eigenvalue weighted by Gasteiger charge is -2.35. The number of likely N-dealkylation sites (tertiary alicyclic amines) is 2. The van der Waals surface area contributed by atoms with Crippen LogP contribution in [0.2, 0.25) is 0 Å². The number of nitrogens with two attached hydrogens (primary N) is 1. The van der Waals surface area contributed by atoms with Gasteiger partial charge >= 0.3 is 6.09 Å². The summed E-state index contributed by atoms with van der Waals surface area (Å²) >= 11 is 0. The van der Waals surface area contributed by atoms with Crippen molar-refractivity contribution in [1.29, 1.82) is 0 Å². The number of amides is 1. The van der Waals surface area contributed by atoms with E-state index in [1.807, 2.05) is 6.92 Å². The first kappa shape index (κ1) is 26.7. The first-order valence-electron chi connectivity index (χ1n) is 11.7. The van der Waals surface area contributed by atoms with Crippen molar-refractivity contribution in [2.75, 3.05) is 32.8 Å². The first-order chi connectivity index (χ1) is 14.9. The Balaban J connectivity index is 0.00000363. The fourth-order valence-corrected chi connectivity index (χ4v) is 4.78. The third-order valence-corrected chi connectivity index (χ3v) is 6.18. The summed E-state index contributed by atoms with van der Waals surface area (Å²) in [6, 6.07) is 8.97. The number of benzene rings is 1. The van der Waals surface area contributed by atoms with Gasteiger partial charge in [-0.2, -0.15) is 0 Å². The molecule has 0 aromatic heterocycles. The van der Waals surface area contributed by atoms with Crippen LogP contribution < -0.4 is 11.1 Å². The molecular formula is C24H40IN5O2. The number of piperidine rings is 2. The maximum atomic E-state index is 11.8. The van der Waals surface area contributed by atoms with E-state index in [9.17, 15) is 4.79 Å². The van der Waals surface area contributed by atoms with Crippen LogP contribution >= 0.6 is 24.0 Å². The molecular weight excluding hydrogens is 517 g/mol. The number of carbonyl (C=O) groups excluding carboxylic acids is 1. The molecule has 1 amide bonds. The molecule has 2 heterocycles. The molecule has 0 radical (unpaired) electrons. The minimum absolute atomic E-state index is 0. The van der Waals surface area contributed by atoms with Crippen molar-refractivity contribution >= 4 is 36.0 Å². The van der Waals surface area contributed by atoms with Crippen LogP contribution in [0.4, 0.5) is 4.79 Å². The van der Waals surface area contributed by atoms with Gasteiger partial charge in [-0.15, -0.1) is 24.0 Å². The number of halogens is 1. The third-order valence-electron chi connectivity index (χ3n) is 6.18. The van der Waals surface area contributed by atoms with E-state index >= 15 is 0 Å². The van der Waals surface area contributed by atoms with Crippen molar-refractivity contribution in [3.8, 4) is 0 Å². The fraction of sp³-hybridized carbons (Fsp3) is 0.667. The standard InChI is InChI=1S/C24H39N5O2.HI/c1-4-31-24(30)29-11-9-22(10-12-29)27-23(25)26-14-20-5-7-21(8-6-20)17-28-15-18(2)13-19(3)16-28;/h5-8,18-19,22H,4,9-17H2,1-3H3,(H3,25,26,27);1H. The molecule has 0 bridgehead atoms. The summed E-state index contributed by atoms with van der Waals surface area (Å²) in [5.41, 5.74) is 8.61. The van der Waals surface area contributed by atoms with Crippen LogP contribution in [0.15, 0.2) is 29.3 Å². The maximum Gasteiger partial charge on any atom is 0.409 e. The lowest BCUT2D eigenvalue weighted by molar-refractivity contribution is 0.0963. The number of nitrogens with one attached hydrogen (secondary N) is 1. The number of hydrogen-bond acceptors (Lipinski definition) is 4. The minimum Gasteiger partial charge on any atom is -0.450 e. The fourth-order valence-electron chi connectivity index (χ4n) is 4.78. The molecule has 1 aromatic carbocycles. The zero-order valence-electron chi connectivity index (χ0n) is 19.8. The molecule has 1 aromatic rings. The van der Waals surface area contributed by atoms with Gasteiger partial charge in [0.2, 0.25) is 0 Å². The summed E-state index contributed by atoms with van der Waals surface area (Å²) in [5, 5.41) is 3.30. The van der Waals surface area contributed by atoms with Crippen LogP contribution in [0.5, 0.6) is 0 Å². The van der Waals surface area contributed by atoms with Gasteiger partial charge in [-0.3, -0.25) is 4.90 Å². The summed E-state index contributed by atoms with van der Waals surface area (Å²) in [4.78, 5) is 20.6. The van der Waals surface area contributed by atoms with Gasteiger partial charge in [-0.1, -0.05) is 38.1 Å². The SMILES string of the molecule is CCOC(=O)N1CCC(NC(N)=NCc2ccc(CN3CC(C)CC(C)C3)cc2)CC1.I. The molecule has 2 aliphatic rings. The van der Waals surface area contributed by atoms with Crippen molar-refractivity contribution in [2.24, 2.45) is 22.6 Å². The summed E-state index contributed by atoms with van der Waals surface area (Å²) in [6.07, 6.45) is 2.80. The summed E-state index contributed by atoms with van der Waals surface area (Å²) in [7, 11) is 0. The number of hydrogen-bond donors (Lipinski definition) is 2. The second-order valence-electron chi connectivity index (χ2n) is 9.26. The highest BCUT2D eigenvalue weighted by Gasteiger charge is 2.24. The average Bonchev–Trinajstić information content (AvgIpc) is 2.73. The van der Waals surface area contributed by atoms with Gasteiger partial charge in [0.1, 0.15) is 0 Å². The summed E-state index contributed by atoms with van der Waals surface area (Å²) < 4.78 is 5.06. The Bertz CT molecular complexity index is 724. The normalized spacial score (nSPS) is 22.8. The molecule has 8 heteroatoms. The Morgan fingerprint density at radius 2 is 1.72 bits per heavy atom. The Morgan fingerprint density at radius 3 is 2.31 bits per heavy atom. The first-order valence-corrected chi connectivity index (χ1v) is 11.7. The minimum atomic E-state index is -0.227. The van der Waals surface area contributed by atoms with Gasteiger partial charge < -0.3 is 20.7 Å². The monoisotopic (exact) mass is 557 g/mol. The smallest absolute Gasteiger partial charge is 0.409 e. The van der Waals surface area contributed by atoms with Crippen molar-refractivity contribution < 1.29 is 9.53 Å². The molecule has 0 saturated carbocycles. The molecule has 3 rings (SSSR count). The maximum absolute atomic E-state index is 11.8. The largest absolute Gasteiger partial charge is 0.450 e. The predicted octanol–water partition coefficient (Wildman–Crippen LogP) is 3.81. The van der Waals surface area contributed by atoms with E-state index in [0.29, 0.717) is 32.2 Å². The van der Waals surface area contributed by atoms with E-state index in [1.165, 1.54) is 25.1 Å². The van der Waals surface area contributed by atoms with E-state index in [2.05, 4.69) is 53.3 Å². The quantitative estimate of drug-likeness (QED) is 0.316. The van der Waals surface area contributed by atoms with Crippen LogP contribution in [-0.2, 0) is 17.8 Å². The zero-order chi connectivity index (χ0) is 22.2. The second kappa shape index (κ2) is 13.2. The van der Waals surface area contributed by atoms with Crippen molar-refractivity contribution in [3.05, 3.63) is 35.4 Å². The molecule has 3 N–H and O–H groups in total. The molecule has 2 fully saturated rings. The van der Waals surface area contributed by atoms with E-state index in [-0.39, 0.29) is 36.1 Å². The highest BCUT2D eigenvalue weighted by molar-refractivity contribution is 14.0. The van der Waals surface area contributed by atoms with Crippen molar-refractivity contribution in [3.63, 3.8) is 0 Å². The van der Waals surface area contributed by atoms with Gasteiger partial charge in [-0.25, -0.2) is 9.79 Å². The van der Waals surface area contributed by atoms with E-state index in [0.717, 1.165) is 36.8 Å². The molecule has 2 atom stereocenters. The lowest BCUT2D eigenvalue weighted by Crippen LogP contribution is -2.48. The Labute approximate surface area is 210 Å². The van der Waals surface area contributed by atoms with Crippen molar-refractivity contribution in [1.82, 2.24) is 15.1 Å². The topological polar surface area (TPSA) is 83.2 Å². The summed E-state index contributed by atoms with van der Waals surface area (Å²) in [6.45, 7) is 12.3. The van der Waals surface area contributed by atoms with E-state index in [4.69, 9.17) is 10.5 Å². The van der Waals surface area contributed by atoms with Gasteiger partial charge in [0.15, 0.2) is 5.96 Å². The Hall–Kier alpha value is -1.55. The highest BCUT2D eigenvalue weighted by Crippen LogP contribution is 2.22. The third kappa shape index (κ3) is 8.42. The molecule has 2 saturated heterocycles. The number of guanidine groups is 1. The van der Waals surface area contributed by atoms with Gasteiger partial charge in [0, 0.05) is 38.8 Å². The number of aliphatic imine (C=N–C) groups is 1. The van der Waals surface area contributed by atoms with Crippen LogP contribution in [0, 0.1) is 11.8 Å². The van der Waals surface area contributed by atoms with Gasteiger partial charge in [0.25, 0.3) is 0 Å². The Morgan fingerprint density at radius 1 is 1.12 bits per heavy atom. The van der Waals surface area contributed by atoms with Crippen LogP contribution in [0.3, 0.4) is 0 Å². The second-order valence-corrected chi connectivity index (χ2v) is 9.26. The molecule has 2 unspecified atom stereocenters. The van der Waals surface area contributed by atoms with E-state index < -0.39 is 0 Å². The molecule has 180 valence electrons. The molecule has 0 spiro atoms. The lowest BCUT2D eigenvalue weighted by atomic mass is 9.91. The van der Waals surface area contributed by atoms with Crippen LogP contribution in [-0.4, -0.2) is 60.7 Å². The highest BCUT2D eigenvalue weighted by atomic mass is 127. The Kier molecular flexibility index (Phi) is 11.0. The van der Waals surface area contributed by atoms with Crippen LogP contribution in [0.25, 0.3) is 0 Å².